The van der Waals surface area contributed by atoms with Gasteiger partial charge < -0.3 is 21.5 Å². The molecule has 2 atom stereocenters. The molecule has 0 radical (unpaired) electrons. The number of nitrogens with two attached hydrogens (primary N) is 1. The lowest BCUT2D eigenvalue weighted by Crippen LogP contribution is -2.53. The smallest absolute Gasteiger partial charge is 0.240 e. The zero-order valence-corrected chi connectivity index (χ0v) is 14.1. The maximum atomic E-state index is 12.4. The van der Waals surface area contributed by atoms with Crippen LogP contribution in [0.2, 0.25) is 0 Å². The Balaban J connectivity index is 1.89. The van der Waals surface area contributed by atoms with E-state index in [2.05, 4.69) is 10.6 Å². The van der Waals surface area contributed by atoms with Gasteiger partial charge >= 0.3 is 0 Å². The summed E-state index contributed by atoms with van der Waals surface area (Å²) in [5.74, 6) is -0.631. The van der Waals surface area contributed by atoms with Gasteiger partial charge in [0.2, 0.25) is 11.8 Å². The average molecular weight is 333 g/mol. The van der Waals surface area contributed by atoms with Gasteiger partial charge in [0.25, 0.3) is 0 Å². The van der Waals surface area contributed by atoms with Crippen molar-refractivity contribution in [3.8, 4) is 5.75 Å². The second-order valence-corrected chi connectivity index (χ2v) is 6.56. The minimum atomic E-state index is -0.766. The van der Waals surface area contributed by atoms with Crippen LogP contribution in [-0.4, -0.2) is 35.0 Å². The molecule has 1 aliphatic rings. The van der Waals surface area contributed by atoms with Crippen LogP contribution in [0.15, 0.2) is 24.3 Å². The molecule has 6 nitrogen and oxygen atoms in total. The number of primary amides is 1. The number of phenolic OH excluding ortho intramolecular Hbond substituents is 1. The second-order valence-electron chi connectivity index (χ2n) is 6.56. The van der Waals surface area contributed by atoms with Crippen LogP contribution in [-0.2, 0) is 16.0 Å². The van der Waals surface area contributed by atoms with Crippen molar-refractivity contribution in [3.63, 3.8) is 0 Å². The van der Waals surface area contributed by atoms with Crippen molar-refractivity contribution >= 4 is 11.8 Å². The lowest BCUT2D eigenvalue weighted by Gasteiger charge is -2.27. The molecule has 24 heavy (non-hydrogen) atoms. The molecule has 0 spiro atoms. The number of nitrogens with one attached hydrogen (secondary N) is 2. The third-order valence-corrected chi connectivity index (χ3v) is 4.52. The zero-order chi connectivity index (χ0) is 17.5. The normalized spacial score (nSPS) is 17.9. The summed E-state index contributed by atoms with van der Waals surface area (Å²) in [6.45, 7) is 1.81. The maximum Gasteiger partial charge on any atom is 0.240 e. The molecule has 0 heterocycles. The van der Waals surface area contributed by atoms with E-state index < -0.39 is 11.9 Å². The van der Waals surface area contributed by atoms with E-state index in [0.29, 0.717) is 12.5 Å². The molecule has 5 N–H and O–H groups in total. The summed E-state index contributed by atoms with van der Waals surface area (Å²) in [5, 5.41) is 15.4. The van der Waals surface area contributed by atoms with Crippen LogP contribution in [0.1, 0.15) is 44.6 Å². The number of hydrogen-bond donors (Lipinski definition) is 4. The SMILES string of the molecule is C[C@H](NC1CCCCC1)C(=O)N[C@@H](Cc1ccc(O)cc1)C(N)=O. The number of carbonyl (C=O) groups is 2. The van der Waals surface area contributed by atoms with E-state index in [4.69, 9.17) is 5.73 Å². The van der Waals surface area contributed by atoms with Crippen molar-refractivity contribution in [2.45, 2.75) is 63.6 Å². The molecule has 0 bridgehead atoms. The Kier molecular flexibility index (Phi) is 6.61. The van der Waals surface area contributed by atoms with Crippen molar-refractivity contribution in [3.05, 3.63) is 29.8 Å². The van der Waals surface area contributed by atoms with Crippen molar-refractivity contribution in [2.75, 3.05) is 0 Å². The van der Waals surface area contributed by atoms with Crippen LogP contribution in [0.5, 0.6) is 5.75 Å². The summed E-state index contributed by atoms with van der Waals surface area (Å²) >= 11 is 0. The van der Waals surface area contributed by atoms with Crippen molar-refractivity contribution in [1.82, 2.24) is 10.6 Å². The summed E-state index contributed by atoms with van der Waals surface area (Å²) in [7, 11) is 0. The molecule has 1 aliphatic carbocycles. The standard InChI is InChI=1S/C18H27N3O3/c1-12(20-14-5-3-2-4-6-14)18(24)21-16(17(19)23)11-13-7-9-15(22)10-8-13/h7-10,12,14,16,20,22H,2-6,11H2,1H3,(H2,19,23)(H,21,24)/t12-,16-/m0/s1. The van der Waals surface area contributed by atoms with E-state index >= 15 is 0 Å². The van der Waals surface area contributed by atoms with Crippen LogP contribution >= 0.6 is 0 Å². The molecule has 2 amide bonds. The molecular weight excluding hydrogens is 306 g/mol. The molecular formula is C18H27N3O3. The fourth-order valence-electron chi connectivity index (χ4n) is 3.09. The third-order valence-electron chi connectivity index (χ3n) is 4.52. The molecule has 0 aliphatic heterocycles. The fourth-order valence-corrected chi connectivity index (χ4v) is 3.09. The number of carbonyl (C=O) groups excluding carboxylic acids is 2. The second kappa shape index (κ2) is 8.68. The predicted molar refractivity (Wildman–Crippen MR) is 92.4 cm³/mol. The Morgan fingerprint density at radius 2 is 1.83 bits per heavy atom. The molecule has 2 rings (SSSR count). The summed E-state index contributed by atoms with van der Waals surface area (Å²) in [6.07, 6.45) is 6.12. The van der Waals surface area contributed by atoms with Gasteiger partial charge in [0.15, 0.2) is 0 Å². The number of aromatic hydroxyl groups is 1. The van der Waals surface area contributed by atoms with E-state index in [9.17, 15) is 14.7 Å². The van der Waals surface area contributed by atoms with E-state index in [1.807, 2.05) is 6.92 Å². The Morgan fingerprint density at radius 1 is 1.21 bits per heavy atom. The number of amides is 2. The minimum absolute atomic E-state index is 0.156. The van der Waals surface area contributed by atoms with Crippen LogP contribution in [0.3, 0.4) is 0 Å². The van der Waals surface area contributed by atoms with E-state index in [0.717, 1.165) is 18.4 Å². The molecule has 0 saturated heterocycles. The van der Waals surface area contributed by atoms with Gasteiger partial charge in [-0.25, -0.2) is 0 Å². The number of hydrogen-bond acceptors (Lipinski definition) is 4. The average Bonchev–Trinajstić information content (AvgIpc) is 2.56. The molecule has 1 aromatic carbocycles. The minimum Gasteiger partial charge on any atom is -0.508 e. The van der Waals surface area contributed by atoms with Gasteiger partial charge in [-0.1, -0.05) is 31.4 Å². The van der Waals surface area contributed by atoms with E-state index in [-0.39, 0.29) is 17.7 Å². The summed E-state index contributed by atoms with van der Waals surface area (Å²) in [4.78, 5) is 24.0. The summed E-state index contributed by atoms with van der Waals surface area (Å²) < 4.78 is 0. The highest BCUT2D eigenvalue weighted by Gasteiger charge is 2.24. The molecule has 132 valence electrons. The molecule has 0 aromatic heterocycles. The van der Waals surface area contributed by atoms with Crippen LogP contribution < -0.4 is 16.4 Å². The molecule has 1 aromatic rings. The fraction of sp³-hybridized carbons (Fsp3) is 0.556. The molecule has 1 fully saturated rings. The number of rotatable bonds is 7. The van der Waals surface area contributed by atoms with Gasteiger partial charge in [-0.05, 0) is 37.5 Å². The lowest BCUT2D eigenvalue weighted by atomic mass is 9.95. The van der Waals surface area contributed by atoms with E-state index in [1.165, 1.54) is 19.3 Å². The molecule has 1 saturated carbocycles. The maximum absolute atomic E-state index is 12.4. The Hall–Kier alpha value is -2.08. The number of benzene rings is 1. The van der Waals surface area contributed by atoms with Crippen LogP contribution in [0.25, 0.3) is 0 Å². The Bertz CT molecular complexity index is 553. The molecule has 0 unspecified atom stereocenters. The van der Waals surface area contributed by atoms with Crippen molar-refractivity contribution in [2.24, 2.45) is 5.73 Å². The van der Waals surface area contributed by atoms with Crippen molar-refractivity contribution in [1.29, 1.82) is 0 Å². The van der Waals surface area contributed by atoms with Gasteiger partial charge in [0.05, 0.1) is 6.04 Å². The monoisotopic (exact) mass is 333 g/mol. The highest BCUT2D eigenvalue weighted by atomic mass is 16.3. The number of phenols is 1. The quantitative estimate of drug-likeness (QED) is 0.602. The summed E-state index contributed by atoms with van der Waals surface area (Å²) in [6, 6.07) is 5.74. The zero-order valence-electron chi connectivity index (χ0n) is 14.1. The van der Waals surface area contributed by atoms with Crippen LogP contribution in [0.4, 0.5) is 0 Å². The van der Waals surface area contributed by atoms with Gasteiger partial charge in [0, 0.05) is 12.5 Å². The first-order valence-corrected chi connectivity index (χ1v) is 8.59. The Morgan fingerprint density at radius 3 is 2.42 bits per heavy atom. The third kappa shape index (κ3) is 5.53. The summed E-state index contributed by atoms with van der Waals surface area (Å²) in [5.41, 5.74) is 6.25. The largest absolute Gasteiger partial charge is 0.508 e. The van der Waals surface area contributed by atoms with Gasteiger partial charge in [-0.15, -0.1) is 0 Å². The van der Waals surface area contributed by atoms with Gasteiger partial charge in [0.1, 0.15) is 11.8 Å². The van der Waals surface area contributed by atoms with Crippen molar-refractivity contribution < 1.29 is 14.7 Å². The first-order chi connectivity index (χ1) is 11.5. The highest BCUT2D eigenvalue weighted by molar-refractivity contribution is 5.89. The lowest BCUT2D eigenvalue weighted by molar-refractivity contribution is -0.128. The topological polar surface area (TPSA) is 104 Å². The first-order valence-electron chi connectivity index (χ1n) is 8.59. The first kappa shape index (κ1) is 18.3. The van der Waals surface area contributed by atoms with Crippen LogP contribution in [0, 0.1) is 0 Å². The predicted octanol–water partition coefficient (Wildman–Crippen LogP) is 1.22. The Labute approximate surface area is 142 Å². The van der Waals surface area contributed by atoms with Gasteiger partial charge in [-0.2, -0.15) is 0 Å². The van der Waals surface area contributed by atoms with E-state index in [1.54, 1.807) is 24.3 Å². The van der Waals surface area contributed by atoms with Gasteiger partial charge in [-0.3, -0.25) is 9.59 Å². The highest BCUT2D eigenvalue weighted by Crippen LogP contribution is 2.18. The molecule has 6 heteroatoms.